The molecule has 2 heterocycles. The molecule has 3 nitrogen and oxygen atoms in total. The molecule has 0 saturated heterocycles. The lowest BCUT2D eigenvalue weighted by atomic mass is 9.86. The fourth-order valence-electron chi connectivity index (χ4n) is 7.21. The van der Waals surface area contributed by atoms with Crippen LogP contribution in [0, 0.1) is 0 Å². The first-order valence-corrected chi connectivity index (χ1v) is 18.6. The number of nitrogens with zero attached hydrogens (tertiary/aromatic N) is 3. The molecule has 8 rings (SSSR count). The van der Waals surface area contributed by atoms with Crippen molar-refractivity contribution in [1.82, 2.24) is 4.39 Å². The van der Waals surface area contributed by atoms with Crippen LogP contribution >= 0.6 is 15.8 Å². The third-order valence-corrected chi connectivity index (χ3v) is 14.1. The zero-order valence-electron chi connectivity index (χ0n) is 25.4. The summed E-state index contributed by atoms with van der Waals surface area (Å²) in [5.74, 6) is 0. The van der Waals surface area contributed by atoms with Gasteiger partial charge in [0.25, 0.3) is 0 Å². The number of rotatable bonds is 8. The first-order chi connectivity index (χ1) is 22.2. The minimum absolute atomic E-state index is 0.106. The number of para-hydroxylation sites is 4. The van der Waals surface area contributed by atoms with Gasteiger partial charge in [-0.05, 0) is 61.3 Å². The molecule has 0 atom stereocenters. The van der Waals surface area contributed by atoms with Crippen molar-refractivity contribution in [3.63, 3.8) is 0 Å². The highest BCUT2D eigenvalue weighted by Gasteiger charge is 2.66. The number of hydrogen-bond donors (Lipinski definition) is 0. The summed E-state index contributed by atoms with van der Waals surface area (Å²) in [5.41, 5.74) is 5.43. The zero-order valence-corrected chi connectivity index (χ0v) is 27.2. The van der Waals surface area contributed by atoms with Crippen LogP contribution in [-0.4, -0.2) is 26.7 Å². The lowest BCUT2D eigenvalue weighted by Gasteiger charge is -2.35. The van der Waals surface area contributed by atoms with Crippen LogP contribution < -0.4 is 35.2 Å². The predicted octanol–water partition coefficient (Wildman–Crippen LogP) is 7.76. The van der Waals surface area contributed by atoms with E-state index in [2.05, 4.69) is 187 Å². The number of hydrogen-bond acceptors (Lipinski definition) is 2. The molecule has 0 N–H and O–H groups in total. The van der Waals surface area contributed by atoms with Crippen molar-refractivity contribution >= 4 is 66.9 Å². The molecule has 0 radical (unpaired) electrons. The van der Waals surface area contributed by atoms with E-state index in [-0.39, 0.29) is 7.12 Å². The second-order valence-electron chi connectivity index (χ2n) is 11.8. The van der Waals surface area contributed by atoms with Gasteiger partial charge in [0.05, 0.1) is 18.4 Å². The SMILES string of the molecule is C[N+]12B(N(CP(c3ccccc3)c3ccccc3)c3ccccc31)N(CP(c1ccccc1)c1ccccc1)c1ccccc12. The van der Waals surface area contributed by atoms with Crippen LogP contribution in [0.1, 0.15) is 0 Å². The maximum absolute atomic E-state index is 2.74. The van der Waals surface area contributed by atoms with E-state index >= 15 is 0 Å². The second-order valence-corrected chi connectivity index (χ2v) is 16.2. The fourth-order valence-corrected chi connectivity index (χ4v) is 11.8. The lowest BCUT2D eigenvalue weighted by Crippen LogP contribution is -2.63. The van der Waals surface area contributed by atoms with Gasteiger partial charge in [-0.1, -0.05) is 146 Å². The molecule has 6 aromatic rings. The molecular weight excluding hydrogens is 583 g/mol. The Morgan fingerprint density at radius 2 is 0.711 bits per heavy atom. The number of anilines is 2. The average Bonchev–Trinajstić information content (AvgIpc) is 3.52. The molecule has 0 saturated carbocycles. The lowest BCUT2D eigenvalue weighted by molar-refractivity contribution is 0.716. The summed E-state index contributed by atoms with van der Waals surface area (Å²) in [4.78, 5) is 5.48. The average molecular weight is 618 g/mol. The molecule has 2 aliphatic heterocycles. The highest BCUT2D eigenvalue weighted by atomic mass is 31.1. The smallest absolute Gasteiger partial charge is 0.328 e. The van der Waals surface area contributed by atoms with Gasteiger partial charge in [-0.3, -0.25) is 4.39 Å². The van der Waals surface area contributed by atoms with Gasteiger partial charge >= 0.3 is 7.12 Å². The van der Waals surface area contributed by atoms with Gasteiger partial charge in [-0.15, -0.1) is 0 Å². The van der Waals surface area contributed by atoms with E-state index in [0.29, 0.717) is 0 Å². The molecule has 0 aromatic heterocycles. The monoisotopic (exact) mass is 618 g/mol. The molecule has 218 valence electrons. The van der Waals surface area contributed by atoms with E-state index in [0.717, 1.165) is 17.0 Å². The number of quaternary nitrogens is 1. The molecule has 0 bridgehead atoms. The van der Waals surface area contributed by atoms with E-state index in [4.69, 9.17) is 0 Å². The van der Waals surface area contributed by atoms with Crippen molar-refractivity contribution in [2.75, 3.05) is 29.2 Å². The van der Waals surface area contributed by atoms with E-state index in [1.165, 1.54) is 44.0 Å². The summed E-state index contributed by atoms with van der Waals surface area (Å²) in [6.45, 7) is 0. The van der Waals surface area contributed by atoms with Crippen molar-refractivity contribution < 1.29 is 0 Å². The van der Waals surface area contributed by atoms with Crippen LogP contribution in [0.4, 0.5) is 22.7 Å². The molecular formula is C39H35BN3P2+. The Kier molecular flexibility index (Phi) is 7.52. The normalized spacial score (nSPS) is 14.5. The van der Waals surface area contributed by atoms with Gasteiger partial charge in [-0.25, -0.2) is 0 Å². The summed E-state index contributed by atoms with van der Waals surface area (Å²) in [6, 6.07) is 62.9. The maximum atomic E-state index is 2.74. The van der Waals surface area contributed by atoms with Crippen LogP contribution in [0.5, 0.6) is 0 Å². The molecule has 0 fully saturated rings. The second kappa shape index (κ2) is 12.0. The van der Waals surface area contributed by atoms with E-state index in [1.807, 2.05) is 0 Å². The third-order valence-electron chi connectivity index (χ3n) is 9.26. The summed E-state index contributed by atoms with van der Waals surface area (Å²) >= 11 is 0. The van der Waals surface area contributed by atoms with E-state index in [1.54, 1.807) is 0 Å². The zero-order chi connectivity index (χ0) is 30.2. The van der Waals surface area contributed by atoms with Gasteiger partial charge in [0, 0.05) is 12.6 Å². The van der Waals surface area contributed by atoms with Gasteiger partial charge in [0.15, 0.2) is 0 Å². The molecule has 0 amide bonds. The van der Waals surface area contributed by atoms with E-state index in [9.17, 15) is 0 Å². The van der Waals surface area contributed by atoms with Gasteiger partial charge in [0.1, 0.15) is 11.4 Å². The quantitative estimate of drug-likeness (QED) is 0.127. The third kappa shape index (κ3) is 4.90. The summed E-state index contributed by atoms with van der Waals surface area (Å²) < 4.78 is 0.756. The van der Waals surface area contributed by atoms with Crippen molar-refractivity contribution in [2.45, 2.75) is 0 Å². The van der Waals surface area contributed by atoms with Gasteiger partial charge < -0.3 is 9.62 Å². The van der Waals surface area contributed by atoms with Crippen molar-refractivity contribution in [3.05, 3.63) is 170 Å². The Morgan fingerprint density at radius 1 is 0.422 bits per heavy atom. The van der Waals surface area contributed by atoms with Crippen LogP contribution in [0.2, 0.25) is 0 Å². The molecule has 45 heavy (non-hydrogen) atoms. The summed E-state index contributed by atoms with van der Waals surface area (Å²) in [5, 5.41) is 5.65. The van der Waals surface area contributed by atoms with Crippen LogP contribution in [0.3, 0.4) is 0 Å². The Morgan fingerprint density at radius 3 is 1.04 bits per heavy atom. The maximum Gasteiger partial charge on any atom is 0.676 e. The molecule has 6 heteroatoms. The Hall–Kier alpha value is -4.20. The number of benzene rings is 6. The Labute approximate surface area is 269 Å². The highest BCUT2D eigenvalue weighted by molar-refractivity contribution is 7.73. The molecule has 6 aromatic carbocycles. The Balaban J connectivity index is 1.29. The van der Waals surface area contributed by atoms with Crippen LogP contribution in [0.15, 0.2) is 170 Å². The van der Waals surface area contributed by atoms with Crippen molar-refractivity contribution in [3.8, 4) is 0 Å². The minimum atomic E-state index is -0.641. The largest absolute Gasteiger partial charge is 0.676 e. The molecule has 0 unspecified atom stereocenters. The van der Waals surface area contributed by atoms with Crippen LogP contribution in [-0.2, 0) is 0 Å². The van der Waals surface area contributed by atoms with E-state index < -0.39 is 15.8 Å². The topological polar surface area (TPSA) is 6.48 Å². The molecule has 0 aliphatic carbocycles. The minimum Gasteiger partial charge on any atom is -0.328 e. The van der Waals surface area contributed by atoms with Crippen molar-refractivity contribution in [1.29, 1.82) is 0 Å². The van der Waals surface area contributed by atoms with Crippen LogP contribution in [0.25, 0.3) is 0 Å². The highest BCUT2D eigenvalue weighted by Crippen LogP contribution is 2.58. The van der Waals surface area contributed by atoms with Crippen molar-refractivity contribution in [2.24, 2.45) is 0 Å². The molecule has 0 spiro atoms. The summed E-state index contributed by atoms with van der Waals surface area (Å²) in [7, 11) is 1.26. The fraction of sp³-hybridized carbons (Fsp3) is 0.0769. The van der Waals surface area contributed by atoms with Gasteiger partial charge in [0.2, 0.25) is 0 Å². The van der Waals surface area contributed by atoms with Gasteiger partial charge in [-0.2, -0.15) is 0 Å². The standard InChI is InChI=1S/C39H35BN3P2/c1-43-38-28-16-14-26-36(38)41(30-44(32-18-6-2-7-19-32)33-20-8-3-9-21-33)40(43)42(37-27-15-17-29-39(37)43)31-45(34-22-10-4-11-23-34)35-24-12-5-13-25-35/h2-29H,30-31H2,1H3/q+1. The first kappa shape index (κ1) is 28.3. The summed E-state index contributed by atoms with van der Waals surface area (Å²) in [6.07, 6.45) is 1.88. The first-order valence-electron chi connectivity index (χ1n) is 15.6. The Bertz CT molecular complexity index is 1690. The molecule has 2 aliphatic rings. The predicted molar refractivity (Wildman–Crippen MR) is 199 cm³/mol. The number of fused-ring (bicyclic) bond motifs is 5.